The Bertz CT molecular complexity index is 1150. The molecule has 30 heavy (non-hydrogen) atoms. The van der Waals surface area contributed by atoms with Gasteiger partial charge in [0, 0.05) is 11.9 Å². The minimum Gasteiger partial charge on any atom is -0.486 e. The third-order valence-corrected chi connectivity index (χ3v) is 5.03. The minimum absolute atomic E-state index is 0.185. The Morgan fingerprint density at radius 1 is 1.07 bits per heavy atom. The summed E-state index contributed by atoms with van der Waals surface area (Å²) in [6.45, 7) is 7.39. The predicted octanol–water partition coefficient (Wildman–Crippen LogP) is 3.31. The Labute approximate surface area is 174 Å². The summed E-state index contributed by atoms with van der Waals surface area (Å²) in [5.41, 5.74) is 0.957. The Morgan fingerprint density at radius 2 is 1.77 bits per heavy atom. The van der Waals surface area contributed by atoms with Crippen molar-refractivity contribution in [3.8, 4) is 11.5 Å². The highest BCUT2D eigenvalue weighted by atomic mass is 16.6. The van der Waals surface area contributed by atoms with E-state index in [1.165, 1.54) is 4.68 Å². The molecule has 1 unspecified atom stereocenters. The lowest BCUT2D eigenvalue weighted by molar-refractivity contribution is 0.0933. The first-order valence-corrected chi connectivity index (χ1v) is 10.1. The van der Waals surface area contributed by atoms with E-state index in [2.05, 4.69) is 10.4 Å². The number of carbonyl (C=O) groups is 1. The molecule has 7 heteroatoms. The summed E-state index contributed by atoms with van der Waals surface area (Å²) in [7, 11) is 0. The number of amides is 1. The van der Waals surface area contributed by atoms with Crippen molar-refractivity contribution >= 4 is 16.7 Å². The Morgan fingerprint density at radius 3 is 2.50 bits per heavy atom. The summed E-state index contributed by atoms with van der Waals surface area (Å²) in [5.74, 6) is 1.28. The van der Waals surface area contributed by atoms with Gasteiger partial charge in [-0.2, -0.15) is 5.10 Å². The van der Waals surface area contributed by atoms with Crippen molar-refractivity contribution in [1.82, 2.24) is 15.1 Å². The molecule has 2 heterocycles. The van der Waals surface area contributed by atoms with Crippen molar-refractivity contribution in [3.05, 3.63) is 64.1 Å². The molecular weight excluding hydrogens is 382 g/mol. The van der Waals surface area contributed by atoms with E-state index in [0.717, 1.165) is 5.56 Å². The van der Waals surface area contributed by atoms with Crippen LogP contribution in [0.25, 0.3) is 10.8 Å². The first kappa shape index (κ1) is 19.9. The summed E-state index contributed by atoms with van der Waals surface area (Å²) >= 11 is 0. The number of fused-ring (bicyclic) bond motifs is 2. The Balaban J connectivity index is 1.66. The number of ether oxygens (including phenoxy) is 2. The van der Waals surface area contributed by atoms with Crippen LogP contribution in [0.15, 0.2) is 47.3 Å². The molecule has 1 N–H and O–H groups in total. The molecule has 0 aliphatic carbocycles. The van der Waals surface area contributed by atoms with Crippen LogP contribution in [-0.4, -0.2) is 28.9 Å². The second-order valence-corrected chi connectivity index (χ2v) is 7.87. The maximum atomic E-state index is 13.1. The maximum Gasteiger partial charge on any atom is 0.274 e. The number of nitrogens with zero attached hydrogens (tertiary/aromatic N) is 2. The fraction of sp³-hybridized carbons (Fsp3) is 0.348. The van der Waals surface area contributed by atoms with E-state index >= 15 is 0 Å². The van der Waals surface area contributed by atoms with Crippen molar-refractivity contribution < 1.29 is 14.3 Å². The molecule has 156 valence electrons. The molecule has 1 amide bonds. The second kappa shape index (κ2) is 8.18. The zero-order valence-electron chi connectivity index (χ0n) is 17.3. The predicted molar refractivity (Wildman–Crippen MR) is 114 cm³/mol. The zero-order valence-corrected chi connectivity index (χ0v) is 17.3. The molecule has 0 spiro atoms. The van der Waals surface area contributed by atoms with Gasteiger partial charge in [0.2, 0.25) is 0 Å². The van der Waals surface area contributed by atoms with Gasteiger partial charge in [0.15, 0.2) is 17.2 Å². The summed E-state index contributed by atoms with van der Waals surface area (Å²) in [6.07, 6.45) is 0. The molecule has 0 fully saturated rings. The van der Waals surface area contributed by atoms with Crippen LogP contribution in [0.3, 0.4) is 0 Å². The number of benzene rings is 2. The van der Waals surface area contributed by atoms with Gasteiger partial charge in [0.1, 0.15) is 13.2 Å². The quantitative estimate of drug-likeness (QED) is 0.702. The van der Waals surface area contributed by atoms with Gasteiger partial charge in [-0.05, 0) is 36.6 Å². The van der Waals surface area contributed by atoms with E-state index in [4.69, 9.17) is 9.47 Å². The number of hydrogen-bond acceptors (Lipinski definition) is 5. The van der Waals surface area contributed by atoms with Gasteiger partial charge in [-0.15, -0.1) is 0 Å². The number of aromatic nitrogens is 2. The largest absolute Gasteiger partial charge is 0.486 e. The SMILES string of the molecule is CC(C)Cn1nc(C(=O)NC(C)c2ccc3c(c2)OCCO3)c2ccccc2c1=O. The molecule has 7 nitrogen and oxygen atoms in total. The topological polar surface area (TPSA) is 82.5 Å². The lowest BCUT2D eigenvalue weighted by Crippen LogP contribution is -2.32. The van der Waals surface area contributed by atoms with Gasteiger partial charge >= 0.3 is 0 Å². The third kappa shape index (κ3) is 3.87. The van der Waals surface area contributed by atoms with Crippen LogP contribution in [0.4, 0.5) is 0 Å². The maximum absolute atomic E-state index is 13.1. The van der Waals surface area contributed by atoms with Gasteiger partial charge in [-0.3, -0.25) is 9.59 Å². The number of rotatable bonds is 5. The first-order valence-electron chi connectivity index (χ1n) is 10.1. The van der Waals surface area contributed by atoms with E-state index in [1.807, 2.05) is 39.0 Å². The van der Waals surface area contributed by atoms with E-state index in [9.17, 15) is 9.59 Å². The fourth-order valence-corrected chi connectivity index (χ4v) is 3.55. The van der Waals surface area contributed by atoms with Crippen molar-refractivity contribution in [2.45, 2.75) is 33.4 Å². The Kier molecular flexibility index (Phi) is 5.44. The van der Waals surface area contributed by atoms with Crippen molar-refractivity contribution in [1.29, 1.82) is 0 Å². The van der Waals surface area contributed by atoms with E-state index in [0.29, 0.717) is 42.0 Å². The fourth-order valence-electron chi connectivity index (χ4n) is 3.55. The van der Waals surface area contributed by atoms with Gasteiger partial charge < -0.3 is 14.8 Å². The summed E-state index contributed by atoms with van der Waals surface area (Å²) < 4.78 is 12.6. The van der Waals surface area contributed by atoms with Crippen LogP contribution in [0.1, 0.15) is 42.9 Å². The molecule has 1 aromatic heterocycles. The van der Waals surface area contributed by atoms with Crippen LogP contribution < -0.4 is 20.3 Å². The molecule has 0 saturated heterocycles. The number of hydrogen-bond donors (Lipinski definition) is 1. The molecule has 4 rings (SSSR count). The molecule has 2 aromatic carbocycles. The highest BCUT2D eigenvalue weighted by molar-refractivity contribution is 6.04. The monoisotopic (exact) mass is 407 g/mol. The van der Waals surface area contributed by atoms with Crippen LogP contribution in [0, 0.1) is 5.92 Å². The highest BCUT2D eigenvalue weighted by Crippen LogP contribution is 2.32. The van der Waals surface area contributed by atoms with Crippen LogP contribution in [0.2, 0.25) is 0 Å². The molecule has 1 aliphatic rings. The standard InChI is InChI=1S/C23H25N3O4/c1-14(2)13-26-23(28)18-7-5-4-6-17(18)21(25-26)22(27)24-15(3)16-8-9-19-20(12-16)30-11-10-29-19/h4-9,12,14-15H,10-11,13H2,1-3H3,(H,24,27). The van der Waals surface area contributed by atoms with Gasteiger partial charge in [-0.25, -0.2) is 4.68 Å². The van der Waals surface area contributed by atoms with E-state index < -0.39 is 0 Å². The molecule has 0 saturated carbocycles. The molecule has 0 radical (unpaired) electrons. The molecule has 1 aliphatic heterocycles. The third-order valence-electron chi connectivity index (χ3n) is 5.03. The first-order chi connectivity index (χ1) is 14.4. The highest BCUT2D eigenvalue weighted by Gasteiger charge is 2.20. The summed E-state index contributed by atoms with van der Waals surface area (Å²) in [4.78, 5) is 25.9. The number of nitrogens with one attached hydrogen (secondary N) is 1. The van der Waals surface area contributed by atoms with Gasteiger partial charge in [-0.1, -0.05) is 38.1 Å². The number of carbonyl (C=O) groups excluding carboxylic acids is 1. The molecular formula is C23H25N3O4. The van der Waals surface area contributed by atoms with E-state index in [1.54, 1.807) is 24.3 Å². The minimum atomic E-state index is -0.328. The van der Waals surface area contributed by atoms with Crippen LogP contribution in [0.5, 0.6) is 11.5 Å². The average molecular weight is 407 g/mol. The zero-order chi connectivity index (χ0) is 21.3. The van der Waals surface area contributed by atoms with E-state index in [-0.39, 0.29) is 29.1 Å². The lowest BCUT2D eigenvalue weighted by atomic mass is 10.1. The smallest absolute Gasteiger partial charge is 0.274 e. The lowest BCUT2D eigenvalue weighted by Gasteiger charge is -2.21. The van der Waals surface area contributed by atoms with Gasteiger partial charge in [0.25, 0.3) is 11.5 Å². The summed E-state index contributed by atoms with van der Waals surface area (Å²) in [6, 6.07) is 12.4. The summed E-state index contributed by atoms with van der Waals surface area (Å²) in [5, 5.41) is 8.44. The Hall–Kier alpha value is -3.35. The molecule has 0 bridgehead atoms. The molecule has 3 aromatic rings. The molecule has 1 atom stereocenters. The van der Waals surface area contributed by atoms with Crippen LogP contribution >= 0.6 is 0 Å². The normalized spacial score (nSPS) is 14.0. The van der Waals surface area contributed by atoms with Crippen LogP contribution in [-0.2, 0) is 6.54 Å². The van der Waals surface area contributed by atoms with Crippen molar-refractivity contribution in [2.75, 3.05) is 13.2 Å². The average Bonchev–Trinajstić information content (AvgIpc) is 2.75. The van der Waals surface area contributed by atoms with Gasteiger partial charge in [0.05, 0.1) is 11.4 Å². The van der Waals surface area contributed by atoms with Crippen molar-refractivity contribution in [2.24, 2.45) is 5.92 Å². The van der Waals surface area contributed by atoms with Crippen molar-refractivity contribution in [3.63, 3.8) is 0 Å². The second-order valence-electron chi connectivity index (χ2n) is 7.87.